The number of carbonyl (C=O) groups excluding carboxylic acids is 1. The van der Waals surface area contributed by atoms with Crippen molar-refractivity contribution in [3.63, 3.8) is 0 Å². The fraction of sp³-hybridized carbons (Fsp3) is 0.286. The van der Waals surface area contributed by atoms with Crippen LogP contribution in [0.25, 0.3) is 5.57 Å². The van der Waals surface area contributed by atoms with Gasteiger partial charge in [-0.05, 0) is 80.1 Å². The fourth-order valence-corrected chi connectivity index (χ4v) is 4.82. The number of allylic oxidation sites excluding steroid dienone is 1. The zero-order chi connectivity index (χ0) is 22.9. The summed E-state index contributed by atoms with van der Waals surface area (Å²) >= 11 is 1.75. The maximum absolute atomic E-state index is 11.8. The molecular formula is C28H27NO2S. The van der Waals surface area contributed by atoms with Crippen LogP contribution in [-0.2, 0) is 10.2 Å². The first-order chi connectivity index (χ1) is 15.3. The van der Waals surface area contributed by atoms with Crippen LogP contribution in [0.3, 0.4) is 0 Å². The first-order valence-electron chi connectivity index (χ1n) is 10.9. The number of hydrogen-bond donors (Lipinski definition) is 0. The van der Waals surface area contributed by atoms with Crippen molar-refractivity contribution in [3.05, 3.63) is 91.9 Å². The molecule has 4 rings (SSSR count). The minimum atomic E-state index is -0.309. The van der Waals surface area contributed by atoms with E-state index in [2.05, 4.69) is 63.8 Å². The number of thiazole rings is 1. The largest absolute Gasteiger partial charge is 0.462 e. The van der Waals surface area contributed by atoms with Crippen LogP contribution in [0.4, 0.5) is 0 Å². The van der Waals surface area contributed by atoms with Gasteiger partial charge >= 0.3 is 5.97 Å². The molecule has 1 heterocycles. The van der Waals surface area contributed by atoms with Crippen LogP contribution in [0.5, 0.6) is 0 Å². The van der Waals surface area contributed by atoms with Crippen molar-refractivity contribution in [2.45, 2.75) is 46.5 Å². The minimum Gasteiger partial charge on any atom is -0.462 e. The van der Waals surface area contributed by atoms with Gasteiger partial charge in [0.25, 0.3) is 0 Å². The molecule has 0 fully saturated rings. The van der Waals surface area contributed by atoms with Crippen molar-refractivity contribution in [2.75, 3.05) is 6.61 Å². The van der Waals surface area contributed by atoms with Crippen LogP contribution in [0, 0.1) is 25.7 Å². The van der Waals surface area contributed by atoms with Crippen LogP contribution in [0.1, 0.15) is 75.4 Å². The highest BCUT2D eigenvalue weighted by molar-refractivity contribution is 7.12. The lowest BCUT2D eigenvalue weighted by Crippen LogP contribution is -2.21. The Labute approximate surface area is 194 Å². The molecule has 0 atom stereocenters. The first-order valence-corrected chi connectivity index (χ1v) is 11.7. The Kier molecular flexibility index (Phi) is 6.04. The number of ether oxygens (including phenoxy) is 1. The van der Waals surface area contributed by atoms with Crippen molar-refractivity contribution in [3.8, 4) is 11.8 Å². The average Bonchev–Trinajstić information content (AvgIpc) is 3.10. The highest BCUT2D eigenvalue weighted by Gasteiger charge is 2.29. The summed E-state index contributed by atoms with van der Waals surface area (Å²) in [6.45, 7) is 10.9. The number of nitrogens with zero attached hydrogens (tertiary/aromatic N) is 1. The number of aryl methyl sites for hydroxylation is 2. The molecule has 4 heteroatoms. The van der Waals surface area contributed by atoms with Crippen molar-refractivity contribution in [1.82, 2.24) is 4.98 Å². The van der Waals surface area contributed by atoms with Crippen LogP contribution in [0.15, 0.2) is 48.5 Å². The van der Waals surface area contributed by atoms with Gasteiger partial charge in [-0.15, -0.1) is 11.3 Å². The molecule has 0 amide bonds. The van der Waals surface area contributed by atoms with Gasteiger partial charge in [0.15, 0.2) is 0 Å². The van der Waals surface area contributed by atoms with E-state index in [1.165, 1.54) is 21.6 Å². The Morgan fingerprint density at radius 1 is 1.09 bits per heavy atom. The molecule has 0 N–H and O–H groups in total. The van der Waals surface area contributed by atoms with Gasteiger partial charge < -0.3 is 4.74 Å². The summed E-state index contributed by atoms with van der Waals surface area (Å²) in [6.07, 6.45) is 3.32. The summed E-state index contributed by atoms with van der Waals surface area (Å²) in [6, 6.07) is 13.7. The fourth-order valence-electron chi connectivity index (χ4n) is 3.85. The Morgan fingerprint density at radius 3 is 2.44 bits per heavy atom. The van der Waals surface area contributed by atoms with Gasteiger partial charge in [-0.1, -0.05) is 37.8 Å². The van der Waals surface area contributed by atoms with Crippen molar-refractivity contribution in [1.29, 1.82) is 0 Å². The number of hydrogen-bond acceptors (Lipinski definition) is 4. The molecule has 1 aliphatic carbocycles. The third-order valence-corrected chi connectivity index (χ3v) is 6.97. The van der Waals surface area contributed by atoms with Crippen LogP contribution < -0.4 is 0 Å². The average molecular weight is 442 g/mol. The quantitative estimate of drug-likeness (QED) is 0.346. The van der Waals surface area contributed by atoms with Crippen LogP contribution in [0.2, 0.25) is 0 Å². The monoisotopic (exact) mass is 441 g/mol. The zero-order valence-corrected chi connectivity index (χ0v) is 20.0. The zero-order valence-electron chi connectivity index (χ0n) is 19.2. The molecule has 0 radical (unpaired) electrons. The lowest BCUT2D eigenvalue weighted by molar-refractivity contribution is 0.0526. The van der Waals surface area contributed by atoms with Gasteiger partial charge in [0.05, 0.1) is 17.9 Å². The van der Waals surface area contributed by atoms with Gasteiger partial charge in [0, 0.05) is 21.6 Å². The number of rotatable bonds is 3. The second-order valence-electron chi connectivity index (χ2n) is 8.67. The summed E-state index contributed by atoms with van der Waals surface area (Å²) in [5.74, 6) is 6.20. The van der Waals surface area contributed by atoms with E-state index in [-0.39, 0.29) is 11.4 Å². The maximum Gasteiger partial charge on any atom is 0.338 e. The first kappa shape index (κ1) is 22.0. The van der Waals surface area contributed by atoms with E-state index in [9.17, 15) is 4.79 Å². The third-order valence-electron chi connectivity index (χ3n) is 5.86. The second-order valence-corrected chi connectivity index (χ2v) is 9.88. The van der Waals surface area contributed by atoms with Gasteiger partial charge in [-0.2, -0.15) is 0 Å². The summed E-state index contributed by atoms with van der Waals surface area (Å²) < 4.78 is 5.04. The van der Waals surface area contributed by atoms with E-state index in [0.717, 1.165) is 28.2 Å². The van der Waals surface area contributed by atoms with E-state index in [0.29, 0.717) is 12.2 Å². The van der Waals surface area contributed by atoms with Crippen molar-refractivity contribution < 1.29 is 9.53 Å². The number of carbonyl (C=O) groups is 1. The van der Waals surface area contributed by atoms with E-state index >= 15 is 0 Å². The Morgan fingerprint density at radius 2 is 1.78 bits per heavy atom. The molecule has 0 saturated carbocycles. The Hall–Kier alpha value is -3.16. The lowest BCUT2D eigenvalue weighted by Gasteiger charge is -2.31. The summed E-state index contributed by atoms with van der Waals surface area (Å²) in [7, 11) is 0. The molecule has 2 aromatic carbocycles. The van der Waals surface area contributed by atoms with E-state index in [4.69, 9.17) is 9.72 Å². The topological polar surface area (TPSA) is 39.2 Å². The summed E-state index contributed by atoms with van der Waals surface area (Å²) in [5, 5.41) is 1.08. The SMILES string of the molecule is CCOC(=O)c1ccc(C#Cc2ccc3c(c2)C(c2nc(C)c(C)s2)=CCC3(C)C)cc1. The molecule has 0 spiro atoms. The molecule has 3 nitrogen and oxygen atoms in total. The Bertz CT molecular complexity index is 1250. The second kappa shape index (κ2) is 8.76. The minimum absolute atomic E-state index is 0.0784. The smallest absolute Gasteiger partial charge is 0.338 e. The molecule has 0 aliphatic heterocycles. The van der Waals surface area contributed by atoms with Crippen molar-refractivity contribution >= 4 is 22.9 Å². The van der Waals surface area contributed by atoms with E-state index in [1.807, 2.05) is 12.1 Å². The molecule has 1 aliphatic rings. The lowest BCUT2D eigenvalue weighted by atomic mass is 9.73. The van der Waals surface area contributed by atoms with E-state index < -0.39 is 0 Å². The molecular weight excluding hydrogens is 414 g/mol. The molecule has 0 unspecified atom stereocenters. The summed E-state index contributed by atoms with van der Waals surface area (Å²) in [5.41, 5.74) is 7.31. The molecule has 0 bridgehead atoms. The third kappa shape index (κ3) is 4.40. The predicted molar refractivity (Wildman–Crippen MR) is 131 cm³/mol. The van der Waals surface area contributed by atoms with Crippen molar-refractivity contribution in [2.24, 2.45) is 0 Å². The Balaban J connectivity index is 1.67. The highest BCUT2D eigenvalue weighted by Crippen LogP contribution is 2.42. The number of benzene rings is 2. The highest BCUT2D eigenvalue weighted by atomic mass is 32.1. The van der Waals surface area contributed by atoms with E-state index in [1.54, 1.807) is 30.4 Å². The van der Waals surface area contributed by atoms with Gasteiger partial charge in [-0.25, -0.2) is 9.78 Å². The maximum atomic E-state index is 11.8. The standard InChI is InChI=1S/C28H27NO2S/c1-6-31-27(30)22-12-9-20(10-13-22)7-8-21-11-14-25-24(17-21)23(15-16-28(25,4)5)26-29-18(2)19(3)32-26/h9-15,17H,6,16H2,1-5H3. The molecule has 3 aromatic rings. The van der Waals surface area contributed by atoms with Crippen LogP contribution >= 0.6 is 11.3 Å². The molecule has 32 heavy (non-hydrogen) atoms. The number of esters is 1. The molecule has 0 saturated heterocycles. The summed E-state index contributed by atoms with van der Waals surface area (Å²) in [4.78, 5) is 17.9. The van der Waals surface area contributed by atoms with Gasteiger partial charge in [-0.3, -0.25) is 0 Å². The number of fused-ring (bicyclic) bond motifs is 1. The van der Waals surface area contributed by atoms with Gasteiger partial charge in [0.2, 0.25) is 0 Å². The molecule has 1 aromatic heterocycles. The van der Waals surface area contributed by atoms with Gasteiger partial charge in [0.1, 0.15) is 5.01 Å². The molecule has 162 valence electrons. The normalized spacial score (nSPS) is 14.1. The predicted octanol–water partition coefficient (Wildman–Crippen LogP) is 6.45. The van der Waals surface area contributed by atoms with Crippen LogP contribution in [-0.4, -0.2) is 17.6 Å². The number of aromatic nitrogens is 1.